The van der Waals surface area contributed by atoms with E-state index in [1.54, 1.807) is 48.5 Å². The molecule has 2 aromatic heterocycles. The maximum Gasteiger partial charge on any atom is 0.321 e. The molecule has 0 unspecified atom stereocenters. The molecule has 2 saturated heterocycles. The minimum absolute atomic E-state index is 0.00886. The number of benzene rings is 4. The molecule has 12 rings (SSSR count). The molecule has 8 heterocycles. The van der Waals surface area contributed by atoms with E-state index in [0.29, 0.717) is 33.6 Å². The summed E-state index contributed by atoms with van der Waals surface area (Å²) >= 11 is 0. The quantitative estimate of drug-likeness (QED) is 0.0174. The Morgan fingerprint density at radius 2 is 0.607 bits per heavy atom. The molecule has 10 atom stereocenters. The highest BCUT2D eigenvalue weighted by Crippen LogP contribution is 2.24. The van der Waals surface area contributed by atoms with Gasteiger partial charge in [0.25, 0.3) is 23.6 Å². The van der Waals surface area contributed by atoms with E-state index in [-0.39, 0.29) is 179 Å². The molecule has 6 aliphatic heterocycles. The van der Waals surface area contributed by atoms with Crippen molar-refractivity contribution in [2.24, 2.45) is 0 Å². The van der Waals surface area contributed by atoms with E-state index in [1.165, 1.54) is 58.2 Å². The fraction of sp³-hybridized carbons (Fsp3) is 0.486. The van der Waals surface area contributed by atoms with Crippen LogP contribution in [0.1, 0.15) is 75.1 Å². The molecular formula is C70H90N14O28. The van der Waals surface area contributed by atoms with Gasteiger partial charge in [-0.2, -0.15) is 0 Å². The van der Waals surface area contributed by atoms with Crippen molar-refractivity contribution >= 4 is 47.8 Å². The average Bonchev–Trinajstić information content (AvgIpc) is 1.75. The number of imide groups is 4. The third kappa shape index (κ3) is 27.2. The molecule has 8 bridgehead atoms. The second kappa shape index (κ2) is 45.0. The van der Waals surface area contributed by atoms with E-state index in [0.717, 1.165) is 0 Å². The first-order chi connectivity index (χ1) is 54.2. The number of carbonyl (C=O) groups is 8. The molecule has 42 nitrogen and oxygen atoms in total. The lowest BCUT2D eigenvalue weighted by Gasteiger charge is -2.39. The van der Waals surface area contributed by atoms with Crippen LogP contribution in [0.15, 0.2) is 97.3 Å². The normalized spacial score (nSPS) is 21.9. The van der Waals surface area contributed by atoms with E-state index in [2.05, 4.69) is 63.2 Å². The van der Waals surface area contributed by atoms with Crippen LogP contribution in [0.5, 0.6) is 0 Å². The Balaban J connectivity index is 0.734. The first-order valence-electron chi connectivity index (χ1n) is 35.3. The van der Waals surface area contributed by atoms with Gasteiger partial charge in [-0.05, 0) is 58.7 Å². The van der Waals surface area contributed by atoms with Gasteiger partial charge in [0.05, 0.1) is 156 Å². The lowest BCUT2D eigenvalue weighted by molar-refractivity contribution is -0.302. The van der Waals surface area contributed by atoms with Crippen LogP contribution in [0, 0.1) is 0 Å². The van der Waals surface area contributed by atoms with Crippen molar-refractivity contribution < 1.29 is 136 Å². The zero-order chi connectivity index (χ0) is 79.7. The Morgan fingerprint density at radius 3 is 0.875 bits per heavy atom. The molecule has 42 heteroatoms. The van der Waals surface area contributed by atoms with Gasteiger partial charge in [0.15, 0.2) is 12.6 Å². The second-order valence-electron chi connectivity index (χ2n) is 24.9. The van der Waals surface area contributed by atoms with Crippen LogP contribution in [0.25, 0.3) is 11.4 Å². The highest BCUT2D eigenvalue weighted by molar-refractivity contribution is 6.10. The number of hydrogen-bond donors (Lipinski definition) is 16. The predicted molar refractivity (Wildman–Crippen MR) is 378 cm³/mol. The number of carbonyl (C=O) groups excluding carboxylic acids is 8. The topological polar surface area (TPSA) is 567 Å². The Labute approximate surface area is 638 Å². The molecule has 2 fully saturated rings. The number of ether oxygens (including phenoxy) is 12. The number of amides is 12. The molecule has 6 aliphatic rings. The maximum atomic E-state index is 13.8. The second-order valence-corrected chi connectivity index (χ2v) is 24.9. The summed E-state index contributed by atoms with van der Waals surface area (Å²) in [5, 5.41) is 114. The largest absolute Gasteiger partial charge is 0.394 e. The molecule has 6 aromatic rings. The van der Waals surface area contributed by atoms with Gasteiger partial charge in [0, 0.05) is 48.4 Å². The Hall–Kier alpha value is -9.88. The van der Waals surface area contributed by atoms with E-state index in [1.807, 2.05) is 0 Å². The van der Waals surface area contributed by atoms with Crippen LogP contribution in [0.2, 0.25) is 0 Å². The summed E-state index contributed by atoms with van der Waals surface area (Å²) in [6, 6.07) is 17.1. The summed E-state index contributed by atoms with van der Waals surface area (Å²) in [4.78, 5) is 108. The fourth-order valence-corrected chi connectivity index (χ4v) is 10.7. The van der Waals surface area contributed by atoms with Crippen molar-refractivity contribution in [1.29, 1.82) is 0 Å². The Bertz CT molecular complexity index is 3630. The van der Waals surface area contributed by atoms with Gasteiger partial charge in [0.1, 0.15) is 60.2 Å². The van der Waals surface area contributed by atoms with E-state index in [4.69, 9.17) is 56.8 Å². The SMILES string of the molecule is O=C1NCc2ccc(cc2)CNC(=O)NC(=O)c2cc(cc(-n3cc(COCCOCCOCCOCCO[C@@H]4O[C@H](CO)[C@@H](O)[C@H](O)[C@H]4O)nn3)c2)C(=O)NC(=O)NCc2ccc(cc2)CNC(=O)NC(=O)c2cc(cc(-n3cc(COCCOCCOCCOCCO[C@@H]4O[C@H](CO)[C@@H](O)[C@H](O)[C@H]4O)nn3)c2)C(=O)N1. The Morgan fingerprint density at radius 1 is 0.348 bits per heavy atom. The predicted octanol–water partition coefficient (Wildman–Crippen LogP) is -3.51. The Kier molecular flexibility index (Phi) is 34.6. The molecule has 12 amide bonds. The van der Waals surface area contributed by atoms with Crippen LogP contribution < -0.4 is 42.5 Å². The van der Waals surface area contributed by atoms with E-state index < -0.39 is 122 Å². The molecule has 0 radical (unpaired) electrons. The van der Waals surface area contributed by atoms with Gasteiger partial charge in [-0.25, -0.2) is 28.5 Å². The standard InChI is InChI=1S/C70H90N14O28/c85-37-53-55(87)57(89)59(91)65(111-53)109-23-21-105-15-13-101-9-11-103-17-19-107-39-49-35-83(81-79-49)51-27-45-25-47(29-51)63(95)77-69(99)73-33-43-5-7-44(8-6-43)34-74-70(100)78-64(96)48-26-46(62(94)76-68(98)72-32-42-2-1-41(3-4-42)31-71-67(97)75-61(45)93)28-52(30-48)84-36-50(80-82-84)40-108-20-18-104-12-10-102-14-16-106-22-24-110-66-60(92)58(90)56(88)54(38-86)112-66/h1-8,25-30,35-36,53-60,65-66,85-92H,9-24,31-34,37-40H2,(H2,71,75,93,97)(H2,72,76,94,98)(H2,73,77,95,99)(H2,74,78,96,100)/t53-,54-,55-,56-,57+,58+,59-,60-,65-,66-/m1/s1. The number of nitrogens with zero attached hydrogens (tertiary/aromatic N) is 6. The van der Waals surface area contributed by atoms with Crippen LogP contribution >= 0.6 is 0 Å². The summed E-state index contributed by atoms with van der Waals surface area (Å²) in [5.74, 6) is -3.75. The number of hydrogen-bond acceptors (Lipinski definition) is 32. The van der Waals surface area contributed by atoms with Crippen molar-refractivity contribution in [2.45, 2.75) is 101 Å². The minimum atomic E-state index is -1.55. The molecule has 608 valence electrons. The van der Waals surface area contributed by atoms with E-state index in [9.17, 15) is 79.2 Å². The van der Waals surface area contributed by atoms with Crippen LogP contribution in [-0.2, 0) is 96.2 Å². The molecular weight excluding hydrogens is 1480 g/mol. The number of rotatable bonds is 34. The first-order valence-corrected chi connectivity index (χ1v) is 35.3. The molecule has 4 aromatic carbocycles. The van der Waals surface area contributed by atoms with Crippen LogP contribution in [0.3, 0.4) is 0 Å². The van der Waals surface area contributed by atoms with Gasteiger partial charge in [-0.1, -0.05) is 59.0 Å². The first kappa shape index (κ1) is 86.1. The zero-order valence-corrected chi connectivity index (χ0v) is 60.4. The summed E-state index contributed by atoms with van der Waals surface area (Å²) in [7, 11) is 0. The van der Waals surface area contributed by atoms with Gasteiger partial charge in [-0.3, -0.25) is 40.4 Å². The summed E-state index contributed by atoms with van der Waals surface area (Å²) < 4.78 is 68.3. The molecule has 0 aliphatic carbocycles. The molecule has 16 N–H and O–H groups in total. The van der Waals surface area contributed by atoms with Crippen LogP contribution in [-0.4, -0.2) is 299 Å². The summed E-state index contributed by atoms with van der Waals surface area (Å²) in [6.45, 7) is 1.19. The number of aromatic nitrogens is 6. The third-order valence-electron chi connectivity index (χ3n) is 16.7. The highest BCUT2D eigenvalue weighted by atomic mass is 16.7. The minimum Gasteiger partial charge on any atom is -0.394 e. The van der Waals surface area contributed by atoms with Crippen molar-refractivity contribution in [3.8, 4) is 11.4 Å². The van der Waals surface area contributed by atoms with Crippen molar-refractivity contribution in [2.75, 3.05) is 119 Å². The van der Waals surface area contributed by atoms with Crippen molar-refractivity contribution in [1.82, 2.24) is 72.5 Å². The fourth-order valence-electron chi connectivity index (χ4n) is 10.7. The van der Waals surface area contributed by atoms with Crippen LogP contribution in [0.4, 0.5) is 19.2 Å². The van der Waals surface area contributed by atoms with Crippen molar-refractivity contribution in [3.63, 3.8) is 0 Å². The number of urea groups is 4. The maximum absolute atomic E-state index is 13.8. The molecule has 0 spiro atoms. The summed E-state index contributed by atoms with van der Waals surface area (Å²) in [5.41, 5.74) is 2.47. The summed E-state index contributed by atoms with van der Waals surface area (Å²) in [6.07, 6.45) is -10.9. The van der Waals surface area contributed by atoms with E-state index >= 15 is 0 Å². The lowest BCUT2D eigenvalue weighted by atomic mass is 9.99. The number of nitrogens with one attached hydrogen (secondary N) is 8. The third-order valence-corrected chi connectivity index (χ3v) is 16.7. The zero-order valence-electron chi connectivity index (χ0n) is 60.4. The number of aliphatic hydroxyl groups excluding tert-OH is 8. The monoisotopic (exact) mass is 1570 g/mol. The van der Waals surface area contributed by atoms with Gasteiger partial charge < -0.3 is 119 Å². The van der Waals surface area contributed by atoms with Crippen molar-refractivity contribution in [3.05, 3.63) is 153 Å². The van der Waals surface area contributed by atoms with Gasteiger partial charge >= 0.3 is 24.1 Å². The number of aliphatic hydroxyl groups is 8. The molecule has 112 heavy (non-hydrogen) atoms. The van der Waals surface area contributed by atoms with Gasteiger partial charge in [-0.15, -0.1) is 10.2 Å². The lowest BCUT2D eigenvalue weighted by Crippen LogP contribution is -2.59. The van der Waals surface area contributed by atoms with Gasteiger partial charge in [0.2, 0.25) is 0 Å². The smallest absolute Gasteiger partial charge is 0.321 e. The highest BCUT2D eigenvalue weighted by Gasteiger charge is 2.45. The average molecular weight is 1580 g/mol. The molecule has 0 saturated carbocycles.